The van der Waals surface area contributed by atoms with Crippen LogP contribution in [0.5, 0.6) is 0 Å². The first-order valence-corrected chi connectivity index (χ1v) is 17.6. The zero-order valence-electron chi connectivity index (χ0n) is 30.9. The van der Waals surface area contributed by atoms with E-state index in [4.69, 9.17) is 62.2 Å². The van der Waals surface area contributed by atoms with Crippen molar-refractivity contribution in [3.8, 4) is 0 Å². The van der Waals surface area contributed by atoms with E-state index in [9.17, 15) is 9.59 Å². The van der Waals surface area contributed by atoms with Crippen molar-refractivity contribution in [3.05, 3.63) is 138 Å². The van der Waals surface area contributed by atoms with E-state index in [1.54, 1.807) is 17.0 Å². The molecule has 268 valence electrons. The zero-order valence-corrected chi connectivity index (χ0v) is 40.7. The number of carbonyl (C=O) groups is 3. The Balaban J connectivity index is -0.000000309. The van der Waals surface area contributed by atoms with E-state index in [-0.39, 0.29) is 117 Å². The summed E-state index contributed by atoms with van der Waals surface area (Å²) in [4.78, 5) is 36.7. The van der Waals surface area contributed by atoms with Gasteiger partial charge in [0.25, 0.3) is 12.4 Å². The quantitative estimate of drug-likeness (QED) is 0.0786. The molecule has 4 aromatic rings. The van der Waals surface area contributed by atoms with Crippen molar-refractivity contribution in [2.24, 2.45) is 5.73 Å². The SMILES string of the molecule is CC.CC.COC(=O)c1c(Cl)cc(Cl)cc1CBr.NCc1ccccc1.O=C1c2c(Cl)cc(Cl)cc2CN1Cc1ccccc1.O=CO[O-].[H-].[K+].[K+]. The maximum atomic E-state index is 12.3. The van der Waals surface area contributed by atoms with Crippen LogP contribution >= 0.6 is 62.3 Å². The summed E-state index contributed by atoms with van der Waals surface area (Å²) >= 11 is 27.0. The molecule has 1 aliphatic rings. The van der Waals surface area contributed by atoms with Gasteiger partial charge >= 0.3 is 109 Å². The van der Waals surface area contributed by atoms with Gasteiger partial charge in [-0.15, -0.1) is 0 Å². The van der Waals surface area contributed by atoms with Crippen LogP contribution in [-0.2, 0) is 39.4 Å². The first-order chi connectivity index (χ1) is 23.6. The zero-order chi connectivity index (χ0) is 37.4. The Morgan fingerprint density at radius 3 is 1.78 bits per heavy atom. The molecule has 0 radical (unpaired) electrons. The molecule has 0 saturated heterocycles. The van der Waals surface area contributed by atoms with Gasteiger partial charge in [-0.25, -0.2) is 4.79 Å². The molecule has 51 heavy (non-hydrogen) atoms. The van der Waals surface area contributed by atoms with Crippen LogP contribution in [0, 0.1) is 0 Å². The Labute approximate surface area is 416 Å². The fourth-order valence-electron chi connectivity index (χ4n) is 4.04. The molecule has 0 saturated carbocycles. The van der Waals surface area contributed by atoms with Gasteiger partial charge in [0.1, 0.15) is 0 Å². The van der Waals surface area contributed by atoms with E-state index < -0.39 is 5.97 Å². The number of carbonyl (C=O) groups excluding carboxylic acids is 3. The maximum absolute atomic E-state index is 12.3. The fourth-order valence-corrected chi connectivity index (χ4v) is 5.71. The number of alkyl halides is 1. The average molecular weight is 898 g/mol. The number of hydrogen-bond donors (Lipinski definition) is 1. The van der Waals surface area contributed by atoms with Gasteiger partial charge in [-0.2, -0.15) is 0 Å². The van der Waals surface area contributed by atoms with E-state index >= 15 is 0 Å². The number of rotatable bonds is 6. The Hall–Kier alpha value is 0.123. The second-order valence-corrected chi connectivity index (χ2v) is 11.2. The number of hydrogen-bond acceptors (Lipinski definition) is 7. The molecule has 0 aromatic heterocycles. The second-order valence-electron chi connectivity index (χ2n) is 9.00. The van der Waals surface area contributed by atoms with Crippen molar-refractivity contribution in [1.29, 1.82) is 0 Å². The van der Waals surface area contributed by atoms with E-state index in [0.29, 0.717) is 61.7 Å². The van der Waals surface area contributed by atoms with E-state index in [2.05, 4.69) is 25.6 Å². The van der Waals surface area contributed by atoms with Crippen molar-refractivity contribution in [3.63, 3.8) is 0 Å². The molecule has 0 atom stereocenters. The fraction of sp³-hybridized carbons (Fsp3) is 0.250. The molecule has 0 bridgehead atoms. The van der Waals surface area contributed by atoms with Gasteiger partial charge in [0, 0.05) is 35.0 Å². The Morgan fingerprint density at radius 2 is 1.35 bits per heavy atom. The van der Waals surface area contributed by atoms with Gasteiger partial charge in [-0.3, -0.25) is 9.59 Å². The van der Waals surface area contributed by atoms with Gasteiger partial charge in [-0.05, 0) is 46.5 Å². The van der Waals surface area contributed by atoms with Crippen molar-refractivity contribution < 1.29 is 133 Å². The third-order valence-corrected chi connectivity index (χ3v) is 7.64. The van der Waals surface area contributed by atoms with Crippen LogP contribution < -0.4 is 114 Å². The Morgan fingerprint density at radius 1 is 0.882 bits per heavy atom. The summed E-state index contributed by atoms with van der Waals surface area (Å²) in [6, 6.07) is 26.5. The molecule has 0 spiro atoms. The summed E-state index contributed by atoms with van der Waals surface area (Å²) in [6.45, 7) is 9.60. The van der Waals surface area contributed by atoms with Crippen molar-refractivity contribution >= 4 is 80.7 Å². The smallest absolute Gasteiger partial charge is 1.00 e. The molecule has 5 rings (SSSR count). The van der Waals surface area contributed by atoms with Crippen molar-refractivity contribution in [1.82, 2.24) is 4.90 Å². The minimum absolute atomic E-state index is 0. The molecule has 15 heteroatoms. The predicted molar refractivity (Wildman–Crippen MR) is 202 cm³/mol. The van der Waals surface area contributed by atoms with E-state index in [1.165, 1.54) is 18.7 Å². The largest absolute Gasteiger partial charge is 1.00 e. The number of fused-ring (bicyclic) bond motifs is 1. The molecule has 8 nitrogen and oxygen atoms in total. The normalized spacial score (nSPS) is 9.96. The van der Waals surface area contributed by atoms with Crippen LogP contribution in [-0.4, -0.2) is 30.4 Å². The number of amides is 1. The van der Waals surface area contributed by atoms with Gasteiger partial charge in [0.05, 0.1) is 28.3 Å². The van der Waals surface area contributed by atoms with Gasteiger partial charge < -0.3 is 26.9 Å². The van der Waals surface area contributed by atoms with E-state index in [1.807, 2.05) is 94.4 Å². The first-order valence-electron chi connectivity index (χ1n) is 15.0. The van der Waals surface area contributed by atoms with E-state index in [0.717, 1.165) is 11.1 Å². The molecule has 0 fully saturated rings. The average Bonchev–Trinajstić information content (AvgIpc) is 3.44. The number of esters is 1. The molecule has 1 heterocycles. The minimum Gasteiger partial charge on any atom is -1.00 e. The standard InChI is InChI=1S/C15H11Cl2NO.C9H7BrCl2O2.C7H9N.2C2H6.CH2O3.2K.H/c16-12-6-11-9-18(8-10-4-2-1-3-5-10)15(19)14(11)13(17)7-12;1-14-9(13)8-5(4-10)2-6(11)3-7(8)12;8-6-7-4-2-1-3-5-7;2*1-2;2-1-4-3;;;/h1-7H,8-9H2;2-3H,4H2,1H3;1-5H,6,8H2;2*1-2H3;1,3H;;;/q;;;;;;2*+1;-1/p-1. The Kier molecular flexibility index (Phi) is 36.4. The summed E-state index contributed by atoms with van der Waals surface area (Å²) in [5.41, 5.74) is 10.2. The van der Waals surface area contributed by atoms with Gasteiger partial charge in [0.15, 0.2) is 0 Å². The topological polar surface area (TPSA) is 122 Å². The van der Waals surface area contributed by atoms with Crippen molar-refractivity contribution in [2.75, 3.05) is 7.11 Å². The molecular formula is C36H41BrCl4K2N2O6. The summed E-state index contributed by atoms with van der Waals surface area (Å²) in [6.07, 6.45) is 0. The van der Waals surface area contributed by atoms with Gasteiger partial charge in [-0.1, -0.05) is 151 Å². The summed E-state index contributed by atoms with van der Waals surface area (Å²) in [7, 11) is 1.31. The minimum atomic E-state index is -0.457. The monoisotopic (exact) mass is 894 g/mol. The number of nitrogens with two attached hydrogens (primary N) is 1. The van der Waals surface area contributed by atoms with Crippen LogP contribution in [0.25, 0.3) is 0 Å². The molecule has 1 aliphatic heterocycles. The number of ether oxygens (including phenoxy) is 1. The van der Waals surface area contributed by atoms with Gasteiger partial charge in [0.2, 0.25) is 0 Å². The number of benzene rings is 4. The second kappa shape index (κ2) is 33.5. The molecule has 0 unspecified atom stereocenters. The maximum Gasteiger partial charge on any atom is 1.00 e. The molecule has 0 aliphatic carbocycles. The van der Waals surface area contributed by atoms with Crippen LogP contribution in [0.1, 0.15) is 72.1 Å². The van der Waals surface area contributed by atoms with Crippen LogP contribution in [0.4, 0.5) is 0 Å². The van der Waals surface area contributed by atoms with Crippen LogP contribution in [0.15, 0.2) is 84.9 Å². The summed E-state index contributed by atoms with van der Waals surface area (Å²) in [5, 5.41) is 10.7. The predicted octanol–water partition coefficient (Wildman–Crippen LogP) is 3.58. The molecule has 4 aromatic carbocycles. The third-order valence-electron chi connectivity index (χ3n) is 6.00. The summed E-state index contributed by atoms with van der Waals surface area (Å²) < 4.78 is 4.61. The molecule has 1 amide bonds. The number of halogens is 5. The van der Waals surface area contributed by atoms with Crippen LogP contribution in [0.3, 0.4) is 0 Å². The van der Waals surface area contributed by atoms with Crippen LogP contribution in [0.2, 0.25) is 20.1 Å². The first kappa shape index (κ1) is 55.5. The molecule has 2 N–H and O–H groups in total. The third kappa shape index (κ3) is 20.6. The summed E-state index contributed by atoms with van der Waals surface area (Å²) in [5.74, 6) is -0.485. The van der Waals surface area contributed by atoms with Crippen molar-refractivity contribution in [2.45, 2.75) is 52.7 Å². The number of nitrogens with zero attached hydrogens (tertiary/aromatic N) is 1. The number of methoxy groups -OCH3 is 1. The Bertz CT molecular complexity index is 1580. The molecular weight excluding hydrogens is 856 g/mol.